The lowest BCUT2D eigenvalue weighted by Gasteiger charge is -2.26. The maximum absolute atomic E-state index is 13.9. The van der Waals surface area contributed by atoms with Crippen LogP contribution in [0.1, 0.15) is 50.0 Å². The number of carbonyl (C=O) groups is 2. The molecule has 3 aromatic rings. The molecule has 1 heterocycles. The standard InChI is InChI=1S/C27H25F6N3O3/c1-3-34-24(38)23-22(21(16(2)14-35-23)18-7-5-4-6-8-18)25(39)36(9-10-37)15-17-11-19(26(28,29)30)13-20(12-17)27(31,32)33/h4-8,11-14,37H,3,9-10,15H2,1-2H3,(H,34,38). The predicted octanol–water partition coefficient (Wildman–Crippen LogP) is 5.48. The number of amides is 2. The minimum Gasteiger partial charge on any atom is -0.395 e. The molecule has 3 rings (SSSR count). The van der Waals surface area contributed by atoms with Crippen LogP contribution in [0.25, 0.3) is 11.1 Å². The molecule has 6 nitrogen and oxygen atoms in total. The molecular weight excluding hydrogens is 528 g/mol. The van der Waals surface area contributed by atoms with Gasteiger partial charge in [-0.3, -0.25) is 9.59 Å². The van der Waals surface area contributed by atoms with Crippen LogP contribution in [0.5, 0.6) is 0 Å². The van der Waals surface area contributed by atoms with Crippen molar-refractivity contribution in [3.8, 4) is 11.1 Å². The Bertz CT molecular complexity index is 1310. The van der Waals surface area contributed by atoms with Crippen LogP contribution in [0.15, 0.2) is 54.7 Å². The number of aromatic nitrogens is 1. The highest BCUT2D eigenvalue weighted by molar-refractivity contribution is 6.10. The molecular formula is C27H25F6N3O3. The zero-order valence-corrected chi connectivity index (χ0v) is 21.0. The summed E-state index contributed by atoms with van der Waals surface area (Å²) in [6, 6.07) is 9.51. The van der Waals surface area contributed by atoms with Crippen LogP contribution in [0.2, 0.25) is 0 Å². The number of rotatable bonds is 8. The van der Waals surface area contributed by atoms with Crippen LogP contribution in [0, 0.1) is 6.92 Å². The quantitative estimate of drug-likeness (QED) is 0.362. The van der Waals surface area contributed by atoms with Gasteiger partial charge in [0.25, 0.3) is 11.8 Å². The van der Waals surface area contributed by atoms with E-state index in [1.807, 2.05) is 0 Å². The second-order valence-corrected chi connectivity index (χ2v) is 8.63. The van der Waals surface area contributed by atoms with Gasteiger partial charge < -0.3 is 15.3 Å². The summed E-state index contributed by atoms with van der Waals surface area (Å²) in [6.45, 7) is 1.71. The molecule has 1 aromatic heterocycles. The minimum absolute atomic E-state index is 0.00707. The van der Waals surface area contributed by atoms with Crippen molar-refractivity contribution in [3.63, 3.8) is 0 Å². The lowest BCUT2D eigenvalue weighted by atomic mass is 9.93. The van der Waals surface area contributed by atoms with Gasteiger partial charge in [-0.2, -0.15) is 26.3 Å². The Morgan fingerprint density at radius 3 is 2.08 bits per heavy atom. The van der Waals surface area contributed by atoms with Crippen LogP contribution in [-0.4, -0.2) is 46.5 Å². The Morgan fingerprint density at radius 1 is 0.974 bits per heavy atom. The van der Waals surface area contributed by atoms with Crippen molar-refractivity contribution >= 4 is 11.8 Å². The van der Waals surface area contributed by atoms with E-state index in [1.165, 1.54) is 6.20 Å². The number of hydrogen-bond donors (Lipinski definition) is 2. The molecule has 2 aromatic carbocycles. The number of carbonyl (C=O) groups excluding carboxylic acids is 2. The third kappa shape index (κ3) is 6.94. The molecule has 0 aliphatic heterocycles. The zero-order chi connectivity index (χ0) is 29.0. The summed E-state index contributed by atoms with van der Waals surface area (Å²) >= 11 is 0. The highest BCUT2D eigenvalue weighted by atomic mass is 19.4. The Labute approximate surface area is 220 Å². The number of aliphatic hydroxyl groups excluding tert-OH is 1. The summed E-state index contributed by atoms with van der Waals surface area (Å²) in [4.78, 5) is 31.8. The van der Waals surface area contributed by atoms with Gasteiger partial charge in [-0.1, -0.05) is 30.3 Å². The molecule has 0 aliphatic rings. The van der Waals surface area contributed by atoms with E-state index in [4.69, 9.17) is 0 Å². The molecule has 0 radical (unpaired) electrons. The topological polar surface area (TPSA) is 82.5 Å². The number of aryl methyl sites for hydroxylation is 1. The first-order chi connectivity index (χ1) is 18.3. The van der Waals surface area contributed by atoms with Crippen molar-refractivity contribution in [1.29, 1.82) is 0 Å². The smallest absolute Gasteiger partial charge is 0.395 e. The maximum Gasteiger partial charge on any atom is 0.416 e. The molecule has 0 unspecified atom stereocenters. The second kappa shape index (κ2) is 11.9. The summed E-state index contributed by atoms with van der Waals surface area (Å²) in [6.07, 6.45) is -8.76. The fourth-order valence-electron chi connectivity index (χ4n) is 4.07. The Balaban J connectivity index is 2.20. The van der Waals surface area contributed by atoms with E-state index < -0.39 is 60.6 Å². The molecule has 0 bridgehead atoms. The molecule has 208 valence electrons. The van der Waals surface area contributed by atoms with Crippen LogP contribution in [-0.2, 0) is 18.9 Å². The van der Waals surface area contributed by atoms with Crippen molar-refractivity contribution in [2.24, 2.45) is 0 Å². The van der Waals surface area contributed by atoms with E-state index >= 15 is 0 Å². The van der Waals surface area contributed by atoms with Crippen molar-refractivity contribution in [3.05, 3.63) is 88.2 Å². The van der Waals surface area contributed by atoms with Gasteiger partial charge in [0.1, 0.15) is 5.69 Å². The predicted molar refractivity (Wildman–Crippen MR) is 131 cm³/mol. The molecule has 0 saturated heterocycles. The monoisotopic (exact) mass is 553 g/mol. The Hall–Kier alpha value is -3.93. The minimum atomic E-state index is -5.08. The number of aliphatic hydroxyl groups is 1. The Kier molecular flexibility index (Phi) is 9.00. The van der Waals surface area contributed by atoms with Crippen LogP contribution in [0.3, 0.4) is 0 Å². The number of hydrogen-bond acceptors (Lipinski definition) is 4. The number of pyridine rings is 1. The molecule has 2 N–H and O–H groups in total. The molecule has 12 heteroatoms. The molecule has 0 spiro atoms. The highest BCUT2D eigenvalue weighted by Crippen LogP contribution is 2.37. The average Bonchev–Trinajstić information content (AvgIpc) is 2.87. The van der Waals surface area contributed by atoms with Crippen molar-refractivity contribution in [2.75, 3.05) is 19.7 Å². The molecule has 0 aliphatic carbocycles. The van der Waals surface area contributed by atoms with Gasteiger partial charge in [0, 0.05) is 31.4 Å². The van der Waals surface area contributed by atoms with E-state index in [0.717, 1.165) is 4.90 Å². The number of nitrogens with zero attached hydrogens (tertiary/aromatic N) is 2. The first-order valence-electron chi connectivity index (χ1n) is 11.8. The number of nitrogens with one attached hydrogen (secondary N) is 1. The maximum atomic E-state index is 13.9. The third-order valence-corrected chi connectivity index (χ3v) is 5.78. The summed E-state index contributed by atoms with van der Waals surface area (Å²) in [5, 5.41) is 12.2. The third-order valence-electron chi connectivity index (χ3n) is 5.78. The number of alkyl halides is 6. The summed E-state index contributed by atoms with van der Waals surface area (Å²) in [5.41, 5.74) is -2.63. The van der Waals surface area contributed by atoms with E-state index in [2.05, 4.69) is 10.3 Å². The van der Waals surface area contributed by atoms with Gasteiger partial charge in [0.2, 0.25) is 0 Å². The lowest BCUT2D eigenvalue weighted by Crippen LogP contribution is -2.36. The summed E-state index contributed by atoms with van der Waals surface area (Å²) < 4.78 is 80.4. The van der Waals surface area contributed by atoms with Gasteiger partial charge >= 0.3 is 12.4 Å². The molecule has 0 fully saturated rings. The highest BCUT2D eigenvalue weighted by Gasteiger charge is 2.37. The second-order valence-electron chi connectivity index (χ2n) is 8.63. The first kappa shape index (κ1) is 29.6. The van der Waals surface area contributed by atoms with Crippen LogP contribution >= 0.6 is 0 Å². The van der Waals surface area contributed by atoms with Crippen LogP contribution < -0.4 is 5.32 Å². The van der Waals surface area contributed by atoms with Gasteiger partial charge in [0.05, 0.1) is 23.3 Å². The lowest BCUT2D eigenvalue weighted by molar-refractivity contribution is -0.143. The zero-order valence-electron chi connectivity index (χ0n) is 21.0. The summed E-state index contributed by atoms with van der Waals surface area (Å²) in [5.74, 6) is -1.59. The van der Waals surface area contributed by atoms with Gasteiger partial charge in [-0.05, 0) is 48.7 Å². The number of benzene rings is 2. The molecule has 2 amide bonds. The number of halogens is 6. The van der Waals surface area contributed by atoms with Gasteiger partial charge in [0.15, 0.2) is 0 Å². The summed E-state index contributed by atoms with van der Waals surface area (Å²) in [7, 11) is 0. The molecule has 0 atom stereocenters. The average molecular weight is 554 g/mol. The van der Waals surface area contributed by atoms with Gasteiger partial charge in [-0.25, -0.2) is 4.98 Å². The normalized spacial score (nSPS) is 11.8. The van der Waals surface area contributed by atoms with Crippen molar-refractivity contribution < 1.29 is 41.0 Å². The van der Waals surface area contributed by atoms with Crippen molar-refractivity contribution in [1.82, 2.24) is 15.2 Å². The van der Waals surface area contributed by atoms with E-state index in [0.29, 0.717) is 28.8 Å². The van der Waals surface area contributed by atoms with E-state index in [9.17, 15) is 41.0 Å². The fraction of sp³-hybridized carbons (Fsp3) is 0.296. The van der Waals surface area contributed by atoms with E-state index in [-0.39, 0.29) is 23.9 Å². The van der Waals surface area contributed by atoms with Crippen molar-refractivity contribution in [2.45, 2.75) is 32.7 Å². The Morgan fingerprint density at radius 2 is 1.56 bits per heavy atom. The molecule has 0 saturated carbocycles. The van der Waals surface area contributed by atoms with Gasteiger partial charge in [-0.15, -0.1) is 0 Å². The largest absolute Gasteiger partial charge is 0.416 e. The van der Waals surface area contributed by atoms with E-state index in [1.54, 1.807) is 44.2 Å². The SMILES string of the molecule is CCNC(=O)c1ncc(C)c(-c2ccccc2)c1C(=O)N(CCO)Cc1cc(C(F)(F)F)cc(C(F)(F)F)c1. The van der Waals surface area contributed by atoms with Crippen LogP contribution in [0.4, 0.5) is 26.3 Å². The fourth-order valence-corrected chi connectivity index (χ4v) is 4.07. The molecule has 39 heavy (non-hydrogen) atoms. The first-order valence-corrected chi connectivity index (χ1v) is 11.8.